The normalized spacial score (nSPS) is 12.4. The molecule has 1 atom stereocenters. The molecule has 338 valence electrons. The van der Waals surface area contributed by atoms with Crippen LogP contribution in [0.2, 0.25) is 0 Å². The second-order valence-corrected chi connectivity index (χ2v) is 19.3. The number of pyridine rings is 1. The minimum absolute atomic E-state index is 0.126. The molecule has 64 heavy (non-hydrogen) atoms. The third kappa shape index (κ3) is 11.7. The summed E-state index contributed by atoms with van der Waals surface area (Å²) in [5.74, 6) is 1.76. The number of ether oxygens (including phenoxy) is 4. The van der Waals surface area contributed by atoms with Gasteiger partial charge in [0.1, 0.15) is 38.5 Å². The van der Waals surface area contributed by atoms with Crippen molar-refractivity contribution in [1.29, 1.82) is 0 Å². The number of nitrogens with one attached hydrogen (secondary N) is 2. The third-order valence-electron chi connectivity index (χ3n) is 9.64. The zero-order chi connectivity index (χ0) is 46.2. The molecule has 0 aliphatic carbocycles. The van der Waals surface area contributed by atoms with Gasteiger partial charge in [-0.1, -0.05) is 42.5 Å². The zero-order valence-corrected chi connectivity index (χ0v) is 38.1. The van der Waals surface area contributed by atoms with E-state index in [4.69, 9.17) is 24.7 Å². The Hall–Kier alpha value is -6.61. The highest BCUT2D eigenvalue weighted by Crippen LogP contribution is 2.41. The van der Waals surface area contributed by atoms with Gasteiger partial charge >= 0.3 is 6.09 Å². The standard InChI is InChI=1S/C44H51N9O9S2/c1-29(48-43(54)62-44(2,3)4)24-47-63(55,56)38-22-21-37(33-14-23-39(45)46-25-33)40(42-49-51-53(50-42)28-32-12-19-36(61-7)20-13-32)41(38)64(57,58)52(26-30-8-15-34(59-5)16-9-30)27-31-10-17-35(60-6)18-11-31/h8-23,25,29,47H,24,26-28H2,1-7H3,(H2,45,46)(H,48,54). The Morgan fingerprint density at radius 1 is 0.781 bits per heavy atom. The highest BCUT2D eigenvalue weighted by Gasteiger charge is 2.38. The molecule has 0 saturated heterocycles. The fourth-order valence-electron chi connectivity index (χ4n) is 6.46. The lowest BCUT2D eigenvalue weighted by Crippen LogP contribution is -2.44. The smallest absolute Gasteiger partial charge is 0.407 e. The number of carbonyl (C=O) groups is 1. The number of carbonyl (C=O) groups excluding carboxylic acids is 1. The van der Waals surface area contributed by atoms with E-state index >= 15 is 8.42 Å². The minimum atomic E-state index is -4.91. The van der Waals surface area contributed by atoms with Gasteiger partial charge in [0.2, 0.25) is 25.9 Å². The van der Waals surface area contributed by atoms with Crippen LogP contribution >= 0.6 is 0 Å². The van der Waals surface area contributed by atoms with Crippen molar-refractivity contribution >= 4 is 32.0 Å². The molecular formula is C44H51N9O9S2. The first-order valence-electron chi connectivity index (χ1n) is 19.9. The summed E-state index contributed by atoms with van der Waals surface area (Å²) in [5.41, 5.74) is 7.54. The third-order valence-corrected chi connectivity index (χ3v) is 13.1. The predicted octanol–water partition coefficient (Wildman–Crippen LogP) is 5.64. The van der Waals surface area contributed by atoms with Crippen molar-refractivity contribution < 1.29 is 40.6 Å². The second kappa shape index (κ2) is 19.8. The molecule has 6 rings (SSSR count). The Kier molecular flexibility index (Phi) is 14.5. The SMILES string of the molecule is COc1ccc(CN(Cc2ccc(OC)cc2)S(=O)(=O)c2c(S(=O)(=O)NCC(C)NC(=O)OC(C)(C)C)ccc(-c3ccc(N)nc3)c2-c2nnn(Cc3ccc(OC)cc3)n2)cc1. The highest BCUT2D eigenvalue weighted by molar-refractivity contribution is 7.92. The molecular weight excluding hydrogens is 863 g/mol. The van der Waals surface area contributed by atoms with Crippen LogP contribution in [-0.4, -0.2) is 91.9 Å². The van der Waals surface area contributed by atoms with Gasteiger partial charge in [0.05, 0.1) is 33.4 Å². The van der Waals surface area contributed by atoms with Crippen LogP contribution in [-0.2, 0) is 44.4 Å². The van der Waals surface area contributed by atoms with Gasteiger partial charge in [-0.05, 0) is 110 Å². The number of nitrogens with two attached hydrogens (primary N) is 1. The van der Waals surface area contributed by atoms with Gasteiger partial charge in [0.25, 0.3) is 0 Å². The van der Waals surface area contributed by atoms with E-state index in [2.05, 4.69) is 30.4 Å². The van der Waals surface area contributed by atoms with E-state index in [9.17, 15) is 13.2 Å². The molecule has 0 spiro atoms. The lowest BCUT2D eigenvalue weighted by molar-refractivity contribution is 0.0509. The van der Waals surface area contributed by atoms with E-state index in [-0.39, 0.29) is 48.9 Å². The average molecular weight is 914 g/mol. The van der Waals surface area contributed by atoms with E-state index in [1.165, 1.54) is 47.7 Å². The second-order valence-electron chi connectivity index (χ2n) is 15.6. The monoisotopic (exact) mass is 913 g/mol. The fourth-order valence-corrected chi connectivity index (χ4v) is 10.0. The molecule has 20 heteroatoms. The van der Waals surface area contributed by atoms with Crippen LogP contribution in [0.5, 0.6) is 17.2 Å². The summed E-state index contributed by atoms with van der Waals surface area (Å²) in [6, 6.07) is 25.9. The number of amides is 1. The van der Waals surface area contributed by atoms with Crippen LogP contribution in [0.4, 0.5) is 10.6 Å². The Morgan fingerprint density at radius 3 is 1.83 bits per heavy atom. The van der Waals surface area contributed by atoms with Crippen molar-refractivity contribution in [3.8, 4) is 39.8 Å². The summed E-state index contributed by atoms with van der Waals surface area (Å²) in [5, 5.41) is 15.9. The molecule has 4 N–H and O–H groups in total. The van der Waals surface area contributed by atoms with E-state index in [0.29, 0.717) is 33.9 Å². The number of aromatic nitrogens is 5. The van der Waals surface area contributed by atoms with Crippen molar-refractivity contribution in [3.63, 3.8) is 0 Å². The lowest BCUT2D eigenvalue weighted by Gasteiger charge is -2.26. The predicted molar refractivity (Wildman–Crippen MR) is 239 cm³/mol. The van der Waals surface area contributed by atoms with Gasteiger partial charge in [0, 0.05) is 37.4 Å². The van der Waals surface area contributed by atoms with Gasteiger partial charge in [-0.2, -0.15) is 9.10 Å². The molecule has 2 aromatic heterocycles. The van der Waals surface area contributed by atoms with Crippen molar-refractivity contribution in [1.82, 2.24) is 39.5 Å². The molecule has 1 unspecified atom stereocenters. The Morgan fingerprint density at radius 2 is 1.33 bits per heavy atom. The van der Waals surface area contributed by atoms with Crippen molar-refractivity contribution in [2.75, 3.05) is 33.6 Å². The first-order valence-corrected chi connectivity index (χ1v) is 22.9. The summed E-state index contributed by atoms with van der Waals surface area (Å²) < 4.78 is 86.1. The number of hydrogen-bond acceptors (Lipinski definition) is 14. The van der Waals surface area contributed by atoms with Crippen LogP contribution in [0.1, 0.15) is 44.4 Å². The lowest BCUT2D eigenvalue weighted by atomic mass is 10.0. The molecule has 1 amide bonds. The molecule has 0 aliphatic heterocycles. The molecule has 0 fully saturated rings. The fraction of sp³-hybridized carbons (Fsp3) is 0.295. The van der Waals surface area contributed by atoms with Gasteiger partial charge in [-0.25, -0.2) is 31.3 Å². The molecule has 18 nitrogen and oxygen atoms in total. The van der Waals surface area contributed by atoms with Gasteiger partial charge < -0.3 is 30.0 Å². The number of sulfonamides is 2. The van der Waals surface area contributed by atoms with E-state index in [1.807, 2.05) is 12.1 Å². The number of nitrogen functional groups attached to an aromatic ring is 1. The summed E-state index contributed by atoms with van der Waals surface area (Å²) in [6.45, 7) is 6.05. The van der Waals surface area contributed by atoms with Crippen LogP contribution in [0, 0.1) is 0 Å². The topological polar surface area (TPSA) is 232 Å². The molecule has 0 aliphatic rings. The zero-order valence-electron chi connectivity index (χ0n) is 36.5. The molecule has 6 aromatic rings. The highest BCUT2D eigenvalue weighted by atomic mass is 32.2. The summed E-state index contributed by atoms with van der Waals surface area (Å²) in [4.78, 5) is 16.9. The van der Waals surface area contributed by atoms with E-state index in [0.717, 1.165) is 5.56 Å². The number of benzene rings is 4. The number of methoxy groups -OCH3 is 3. The van der Waals surface area contributed by atoms with Gasteiger partial charge in [-0.3, -0.25) is 0 Å². The van der Waals surface area contributed by atoms with Crippen LogP contribution in [0.3, 0.4) is 0 Å². The van der Waals surface area contributed by atoms with Crippen LogP contribution in [0.15, 0.2) is 113 Å². The van der Waals surface area contributed by atoms with Gasteiger partial charge in [-0.15, -0.1) is 10.2 Å². The maximum Gasteiger partial charge on any atom is 0.407 e. The molecule has 2 heterocycles. The number of anilines is 1. The molecule has 0 bridgehead atoms. The minimum Gasteiger partial charge on any atom is -0.497 e. The van der Waals surface area contributed by atoms with Crippen molar-refractivity contribution in [3.05, 3.63) is 120 Å². The van der Waals surface area contributed by atoms with Crippen LogP contribution < -0.4 is 30.0 Å². The van der Waals surface area contributed by atoms with Crippen LogP contribution in [0.25, 0.3) is 22.5 Å². The molecule has 0 radical (unpaired) electrons. The number of alkyl carbamates (subject to hydrolysis) is 1. The summed E-state index contributed by atoms with van der Waals surface area (Å²) >= 11 is 0. The van der Waals surface area contributed by atoms with Gasteiger partial charge in [0.15, 0.2) is 0 Å². The Balaban J connectivity index is 1.56. The first-order chi connectivity index (χ1) is 30.4. The Bertz CT molecular complexity index is 2710. The van der Waals surface area contributed by atoms with E-state index in [1.54, 1.807) is 102 Å². The Labute approximate surface area is 372 Å². The number of rotatable bonds is 18. The van der Waals surface area contributed by atoms with Crippen molar-refractivity contribution in [2.24, 2.45) is 0 Å². The average Bonchev–Trinajstić information content (AvgIpc) is 3.73. The summed E-state index contributed by atoms with van der Waals surface area (Å²) in [6.07, 6.45) is 0.678. The quantitative estimate of drug-likeness (QED) is 0.0948. The number of nitrogens with zero attached hydrogens (tertiary/aromatic N) is 6. The summed E-state index contributed by atoms with van der Waals surface area (Å²) in [7, 11) is -5.05. The van der Waals surface area contributed by atoms with Crippen molar-refractivity contribution in [2.45, 2.75) is 68.8 Å². The number of tetrazole rings is 1. The van der Waals surface area contributed by atoms with E-state index < -0.39 is 47.6 Å². The molecule has 4 aromatic carbocycles. The maximum atomic E-state index is 15.8. The number of hydrogen-bond donors (Lipinski definition) is 3. The maximum absolute atomic E-state index is 15.8. The molecule has 0 saturated carbocycles. The first kappa shape index (κ1) is 46.9. The largest absolute Gasteiger partial charge is 0.497 e.